The van der Waals surface area contributed by atoms with Crippen molar-refractivity contribution in [2.45, 2.75) is 6.42 Å². The predicted molar refractivity (Wildman–Crippen MR) is 42.6 cm³/mol. The van der Waals surface area contributed by atoms with Gasteiger partial charge in [0, 0.05) is 35.7 Å². The largest absolute Gasteiger partial charge is 1.00 e. The van der Waals surface area contributed by atoms with E-state index in [9.17, 15) is 49.5 Å². The topological polar surface area (TPSA) is 201 Å². The number of hydrogen-bond donors (Lipinski definition) is 0. The second-order valence-electron chi connectivity index (χ2n) is 4.27. The molecule has 110 valence electrons. The molecule has 1 aliphatic carbocycles. The molecule has 0 saturated heterocycles. The van der Waals surface area contributed by atoms with Crippen LogP contribution in [0, 0.1) is 23.2 Å². The molecule has 0 heterocycles. The first-order chi connectivity index (χ1) is 9.08. The van der Waals surface area contributed by atoms with E-state index >= 15 is 0 Å². The maximum absolute atomic E-state index is 11.0. The summed E-state index contributed by atoms with van der Waals surface area (Å²) < 4.78 is 0. The minimum Gasteiger partial charge on any atom is -0.550 e. The zero-order chi connectivity index (χ0) is 15.8. The number of hydrogen-bond acceptors (Lipinski definition) is 10. The fourth-order valence-corrected chi connectivity index (χ4v) is 2.60. The summed E-state index contributed by atoms with van der Waals surface area (Å²) >= 11 is 0. The Morgan fingerprint density at radius 1 is 0.640 bits per heavy atom. The smallest absolute Gasteiger partial charge is 0.550 e. The van der Waals surface area contributed by atoms with Crippen LogP contribution in [0.15, 0.2) is 0 Å². The monoisotopic (exact) mass is 480 g/mol. The Kier molecular flexibility index (Phi) is 29.4. The predicted octanol–water partition coefficient (Wildman–Crippen LogP) is -23.0. The van der Waals surface area contributed by atoms with Gasteiger partial charge in [0.1, 0.15) is 0 Å². The molecule has 0 bridgehead atoms. The third-order valence-electron chi connectivity index (χ3n) is 3.45. The van der Waals surface area contributed by atoms with Gasteiger partial charge in [-0.3, -0.25) is 0 Å². The first-order valence-electron chi connectivity index (χ1n) is 5.13. The number of rotatable bonds is 5. The Morgan fingerprint density at radius 2 is 1.00 bits per heavy atom. The van der Waals surface area contributed by atoms with Crippen molar-refractivity contribution < 1.29 is 306 Å². The van der Waals surface area contributed by atoms with Gasteiger partial charge in [-0.2, -0.15) is 0 Å². The normalized spacial score (nSPS) is 22.2. The summed E-state index contributed by atoms with van der Waals surface area (Å²) in [6, 6.07) is 0. The van der Waals surface area contributed by atoms with Gasteiger partial charge in [0.25, 0.3) is 0 Å². The summed E-state index contributed by atoms with van der Waals surface area (Å²) in [5.41, 5.74) is -3.61. The van der Waals surface area contributed by atoms with E-state index in [-0.39, 0.29) is 257 Å². The van der Waals surface area contributed by atoms with Crippen LogP contribution >= 0.6 is 0 Å². The Labute approximate surface area is 354 Å². The molecule has 0 spiro atoms. The quantitative estimate of drug-likeness (QED) is 0.268. The van der Waals surface area contributed by atoms with E-state index in [0.29, 0.717) is 0 Å². The molecule has 0 aromatic rings. The Hall–Kier alpha value is 5.53. The molecule has 0 aromatic carbocycles. The van der Waals surface area contributed by atoms with Crippen molar-refractivity contribution in [2.24, 2.45) is 23.2 Å². The van der Waals surface area contributed by atoms with Crippen LogP contribution in [0.2, 0.25) is 0 Å². The summed E-state index contributed by atoms with van der Waals surface area (Å²) in [5, 5.41) is 54.6. The fraction of sp³-hybridized carbons (Fsp3) is 0.500. The SMILES string of the molecule is O=C([O-])C1CC(C(=O)[O-])C(C(=O)[O-])(C(=O)[O-])C1C(=O)[O-].[K+].[K+].[K+].[K+].[K+]. The van der Waals surface area contributed by atoms with Crippen molar-refractivity contribution in [1.29, 1.82) is 0 Å². The van der Waals surface area contributed by atoms with E-state index < -0.39 is 59.4 Å². The van der Waals surface area contributed by atoms with E-state index in [4.69, 9.17) is 0 Å². The van der Waals surface area contributed by atoms with Gasteiger partial charge in [-0.15, -0.1) is 0 Å². The molecule has 10 nitrogen and oxygen atoms in total. The second kappa shape index (κ2) is 18.0. The third-order valence-corrected chi connectivity index (χ3v) is 3.45. The van der Waals surface area contributed by atoms with Crippen LogP contribution in [0.1, 0.15) is 6.42 Å². The molecule has 3 atom stereocenters. The molecule has 1 fully saturated rings. The van der Waals surface area contributed by atoms with Gasteiger partial charge in [-0.05, 0) is 6.42 Å². The zero-order valence-corrected chi connectivity index (χ0v) is 30.1. The van der Waals surface area contributed by atoms with E-state index in [1.165, 1.54) is 0 Å². The Morgan fingerprint density at radius 3 is 1.20 bits per heavy atom. The average molecular weight is 481 g/mol. The minimum atomic E-state index is -3.61. The summed E-state index contributed by atoms with van der Waals surface area (Å²) in [4.78, 5) is 54.6. The van der Waals surface area contributed by atoms with Crippen molar-refractivity contribution in [3.8, 4) is 0 Å². The van der Waals surface area contributed by atoms with Crippen molar-refractivity contribution in [2.75, 3.05) is 0 Å². The van der Waals surface area contributed by atoms with E-state index in [1.54, 1.807) is 0 Å². The van der Waals surface area contributed by atoms with Crippen molar-refractivity contribution in [3.05, 3.63) is 0 Å². The molecule has 15 heteroatoms. The Balaban J connectivity index is -0.000000267. The molecular weight excluding hydrogens is 476 g/mol. The summed E-state index contributed by atoms with van der Waals surface area (Å²) in [5.74, 6) is -19.4. The number of carboxylic acids is 5. The molecule has 1 rings (SSSR count). The molecule has 0 N–H and O–H groups in total. The van der Waals surface area contributed by atoms with Crippen LogP contribution in [0.4, 0.5) is 0 Å². The van der Waals surface area contributed by atoms with Gasteiger partial charge in [0.05, 0.1) is 17.4 Å². The van der Waals surface area contributed by atoms with Crippen LogP contribution in [-0.2, 0) is 24.0 Å². The molecule has 1 aliphatic rings. The summed E-state index contributed by atoms with van der Waals surface area (Å²) in [7, 11) is 0. The molecular formula is C10H5K5O10. The average Bonchev–Trinajstić information content (AvgIpc) is 2.65. The first kappa shape index (κ1) is 40.8. The molecule has 0 aromatic heterocycles. The van der Waals surface area contributed by atoms with Gasteiger partial charge in [0.15, 0.2) is 0 Å². The fourth-order valence-electron chi connectivity index (χ4n) is 2.60. The molecule has 0 radical (unpaired) electrons. The van der Waals surface area contributed by atoms with Crippen LogP contribution in [0.25, 0.3) is 0 Å². The van der Waals surface area contributed by atoms with Gasteiger partial charge in [-0.25, -0.2) is 0 Å². The number of carboxylic acid groups (broad SMARTS) is 5. The van der Waals surface area contributed by atoms with Gasteiger partial charge < -0.3 is 49.5 Å². The van der Waals surface area contributed by atoms with Crippen molar-refractivity contribution >= 4 is 29.8 Å². The number of aliphatic carboxylic acids is 5. The number of carbonyl (C=O) groups is 5. The van der Waals surface area contributed by atoms with Crippen LogP contribution in [0.3, 0.4) is 0 Å². The first-order valence-corrected chi connectivity index (χ1v) is 5.13. The standard InChI is InChI=1S/C10H10O10.5K/c11-5(12)2-1-3(6(13)14)10(8(17)18,9(19)20)4(2)7(15)16;;;;;/h2-4H,1H2,(H,11,12)(H,13,14)(H,15,16)(H,17,18)(H,19,20);;;;;/q;5*+1/p-5. The van der Waals surface area contributed by atoms with Crippen LogP contribution in [0.5, 0.6) is 0 Å². The minimum absolute atomic E-state index is 0. The third kappa shape index (κ3) is 9.12. The molecule has 25 heavy (non-hydrogen) atoms. The Bertz CT molecular complexity index is 510. The van der Waals surface area contributed by atoms with Gasteiger partial charge in [0.2, 0.25) is 0 Å². The summed E-state index contributed by atoms with van der Waals surface area (Å²) in [6.45, 7) is 0. The maximum atomic E-state index is 11.0. The second-order valence-corrected chi connectivity index (χ2v) is 4.27. The van der Waals surface area contributed by atoms with E-state index in [0.717, 1.165) is 0 Å². The van der Waals surface area contributed by atoms with Crippen LogP contribution < -0.4 is 282 Å². The van der Waals surface area contributed by atoms with Gasteiger partial charge in [-0.1, -0.05) is 0 Å². The maximum Gasteiger partial charge on any atom is 1.00 e. The molecule has 3 unspecified atom stereocenters. The van der Waals surface area contributed by atoms with Crippen molar-refractivity contribution in [1.82, 2.24) is 0 Å². The molecule has 0 aliphatic heterocycles. The van der Waals surface area contributed by atoms with E-state index in [1.807, 2.05) is 0 Å². The van der Waals surface area contributed by atoms with Gasteiger partial charge >= 0.3 is 257 Å². The zero-order valence-electron chi connectivity index (χ0n) is 14.5. The van der Waals surface area contributed by atoms with Crippen molar-refractivity contribution in [3.63, 3.8) is 0 Å². The molecule has 0 amide bonds. The molecule has 1 saturated carbocycles. The van der Waals surface area contributed by atoms with Crippen LogP contribution in [-0.4, -0.2) is 29.8 Å². The number of carbonyl (C=O) groups excluding carboxylic acids is 5. The van der Waals surface area contributed by atoms with E-state index in [2.05, 4.69) is 0 Å². The summed E-state index contributed by atoms with van der Waals surface area (Å²) in [6.07, 6.45) is -1.13.